The molecule has 1 heterocycles. The average Bonchev–Trinajstić information content (AvgIpc) is 3.11. The lowest BCUT2D eigenvalue weighted by atomic mass is 10.0. The molecule has 4 nitrogen and oxygen atoms in total. The summed E-state index contributed by atoms with van der Waals surface area (Å²) in [6.07, 6.45) is 3.28. The van der Waals surface area contributed by atoms with Crippen molar-refractivity contribution in [2.75, 3.05) is 6.54 Å². The Hall–Kier alpha value is -2.59. The fraction of sp³-hybridized carbons (Fsp3) is 0.158. The third-order valence-electron chi connectivity index (χ3n) is 3.87. The number of hydrogen-bond donors (Lipinski definition) is 1. The van der Waals surface area contributed by atoms with Crippen LogP contribution < -0.4 is 5.32 Å². The maximum atomic E-state index is 12.3. The van der Waals surface area contributed by atoms with Crippen LogP contribution in [0.4, 0.5) is 0 Å². The summed E-state index contributed by atoms with van der Waals surface area (Å²) in [5.41, 5.74) is 2.59. The van der Waals surface area contributed by atoms with Crippen molar-refractivity contribution in [3.8, 4) is 5.69 Å². The molecule has 0 aliphatic rings. The van der Waals surface area contributed by atoms with Gasteiger partial charge in [0.05, 0.1) is 17.4 Å². The zero-order valence-electron chi connectivity index (χ0n) is 13.3. The van der Waals surface area contributed by atoms with Crippen molar-refractivity contribution in [1.82, 2.24) is 15.1 Å². The van der Waals surface area contributed by atoms with Crippen molar-refractivity contribution in [2.45, 2.75) is 12.8 Å². The summed E-state index contributed by atoms with van der Waals surface area (Å²) in [5, 5.41) is 7.86. The molecule has 3 aromatic rings. The van der Waals surface area contributed by atoms with E-state index in [4.69, 9.17) is 11.6 Å². The lowest BCUT2D eigenvalue weighted by Gasteiger charge is -2.12. The molecule has 122 valence electrons. The van der Waals surface area contributed by atoms with Gasteiger partial charge in [0.1, 0.15) is 0 Å². The molecule has 1 aromatic heterocycles. The van der Waals surface area contributed by atoms with Gasteiger partial charge in [0, 0.05) is 17.8 Å². The molecule has 0 aliphatic heterocycles. The van der Waals surface area contributed by atoms with Gasteiger partial charge >= 0.3 is 0 Å². The normalized spacial score (nSPS) is 11.9. The van der Waals surface area contributed by atoms with E-state index in [1.54, 1.807) is 29.2 Å². The number of carbonyl (C=O) groups excluding carboxylic acids is 1. The minimum absolute atomic E-state index is 0.127. The molecule has 0 unspecified atom stereocenters. The second-order valence-electron chi connectivity index (χ2n) is 5.67. The van der Waals surface area contributed by atoms with Crippen LogP contribution in [0.25, 0.3) is 5.69 Å². The first kappa shape index (κ1) is 16.3. The number of amides is 1. The minimum Gasteiger partial charge on any atom is -0.351 e. The predicted molar refractivity (Wildman–Crippen MR) is 95.8 cm³/mol. The highest BCUT2D eigenvalue weighted by molar-refractivity contribution is 6.30. The van der Waals surface area contributed by atoms with Gasteiger partial charge in [0.2, 0.25) is 0 Å². The molecular weight excluding hydrogens is 322 g/mol. The Kier molecular flexibility index (Phi) is 4.96. The lowest BCUT2D eigenvalue weighted by Crippen LogP contribution is -2.27. The number of benzene rings is 2. The second-order valence-corrected chi connectivity index (χ2v) is 6.11. The second kappa shape index (κ2) is 7.32. The lowest BCUT2D eigenvalue weighted by molar-refractivity contribution is 0.0951. The molecule has 0 fully saturated rings. The van der Waals surface area contributed by atoms with E-state index in [0.29, 0.717) is 17.1 Å². The first-order valence-electron chi connectivity index (χ1n) is 7.77. The largest absolute Gasteiger partial charge is 0.351 e. The van der Waals surface area contributed by atoms with Crippen LogP contribution in [-0.4, -0.2) is 22.2 Å². The number of hydrogen-bond acceptors (Lipinski definition) is 2. The zero-order chi connectivity index (χ0) is 16.9. The fourth-order valence-electron chi connectivity index (χ4n) is 2.42. The number of halogens is 1. The van der Waals surface area contributed by atoms with Gasteiger partial charge in [0.15, 0.2) is 0 Å². The molecule has 0 spiro atoms. The average molecular weight is 340 g/mol. The molecule has 1 N–H and O–H groups in total. The molecule has 0 saturated carbocycles. The highest BCUT2D eigenvalue weighted by Crippen LogP contribution is 2.15. The summed E-state index contributed by atoms with van der Waals surface area (Å²) in [6, 6.07) is 17.4. The van der Waals surface area contributed by atoms with E-state index in [9.17, 15) is 4.79 Å². The quantitative estimate of drug-likeness (QED) is 0.762. The topological polar surface area (TPSA) is 46.9 Å². The Morgan fingerprint density at radius 2 is 1.88 bits per heavy atom. The van der Waals surface area contributed by atoms with Crippen LogP contribution in [0, 0.1) is 0 Å². The SMILES string of the molecule is C[C@@H](CNC(=O)c1cnn(-c2ccc(Cl)cc2)c1)c1ccccc1. The van der Waals surface area contributed by atoms with E-state index >= 15 is 0 Å². The highest BCUT2D eigenvalue weighted by atomic mass is 35.5. The van der Waals surface area contributed by atoms with Crippen LogP contribution in [-0.2, 0) is 0 Å². The van der Waals surface area contributed by atoms with Gasteiger partial charge in [-0.15, -0.1) is 0 Å². The number of rotatable bonds is 5. The number of aromatic nitrogens is 2. The maximum absolute atomic E-state index is 12.3. The smallest absolute Gasteiger partial charge is 0.254 e. The summed E-state index contributed by atoms with van der Waals surface area (Å²) in [6.45, 7) is 2.67. The van der Waals surface area contributed by atoms with E-state index in [0.717, 1.165) is 5.69 Å². The predicted octanol–water partition coefficient (Wildman–Crippen LogP) is 4.06. The van der Waals surface area contributed by atoms with Crippen molar-refractivity contribution in [2.24, 2.45) is 0 Å². The van der Waals surface area contributed by atoms with Crippen molar-refractivity contribution in [1.29, 1.82) is 0 Å². The molecule has 3 rings (SSSR count). The van der Waals surface area contributed by atoms with Gasteiger partial charge in [-0.1, -0.05) is 48.9 Å². The van der Waals surface area contributed by atoms with E-state index in [1.165, 1.54) is 5.56 Å². The van der Waals surface area contributed by atoms with Gasteiger partial charge in [-0.2, -0.15) is 5.10 Å². The molecule has 0 aliphatic carbocycles. The van der Waals surface area contributed by atoms with Gasteiger partial charge in [-0.25, -0.2) is 4.68 Å². The van der Waals surface area contributed by atoms with E-state index in [1.807, 2.05) is 30.3 Å². The third kappa shape index (κ3) is 3.84. The maximum Gasteiger partial charge on any atom is 0.254 e. The number of carbonyl (C=O) groups is 1. The summed E-state index contributed by atoms with van der Waals surface area (Å²) in [4.78, 5) is 12.3. The van der Waals surface area contributed by atoms with E-state index < -0.39 is 0 Å². The molecule has 24 heavy (non-hydrogen) atoms. The Morgan fingerprint density at radius 1 is 1.17 bits per heavy atom. The summed E-state index contributed by atoms with van der Waals surface area (Å²) >= 11 is 5.88. The number of nitrogens with one attached hydrogen (secondary N) is 1. The highest BCUT2D eigenvalue weighted by Gasteiger charge is 2.11. The fourth-order valence-corrected chi connectivity index (χ4v) is 2.55. The van der Waals surface area contributed by atoms with E-state index in [2.05, 4.69) is 29.5 Å². The summed E-state index contributed by atoms with van der Waals surface area (Å²) in [5.74, 6) is 0.124. The number of nitrogens with zero attached hydrogens (tertiary/aromatic N) is 2. The first-order chi connectivity index (χ1) is 11.6. The molecule has 0 radical (unpaired) electrons. The van der Waals surface area contributed by atoms with E-state index in [-0.39, 0.29) is 11.8 Å². The van der Waals surface area contributed by atoms with Gasteiger partial charge in [-0.3, -0.25) is 4.79 Å². The zero-order valence-corrected chi connectivity index (χ0v) is 14.1. The van der Waals surface area contributed by atoms with Crippen molar-refractivity contribution < 1.29 is 4.79 Å². The minimum atomic E-state index is -0.127. The van der Waals surface area contributed by atoms with Crippen LogP contribution >= 0.6 is 11.6 Å². The van der Waals surface area contributed by atoms with Crippen molar-refractivity contribution >= 4 is 17.5 Å². The Labute approximate surface area is 146 Å². The monoisotopic (exact) mass is 339 g/mol. The molecular formula is C19H18ClN3O. The van der Waals surface area contributed by atoms with Crippen LogP contribution in [0.5, 0.6) is 0 Å². The van der Waals surface area contributed by atoms with Gasteiger partial charge in [0.25, 0.3) is 5.91 Å². The third-order valence-corrected chi connectivity index (χ3v) is 4.13. The van der Waals surface area contributed by atoms with Gasteiger partial charge in [-0.05, 0) is 35.7 Å². The van der Waals surface area contributed by atoms with Crippen LogP contribution in [0.15, 0.2) is 67.0 Å². The van der Waals surface area contributed by atoms with Crippen molar-refractivity contribution in [3.63, 3.8) is 0 Å². The first-order valence-corrected chi connectivity index (χ1v) is 8.15. The summed E-state index contributed by atoms with van der Waals surface area (Å²) < 4.78 is 1.66. The molecule has 2 aromatic carbocycles. The Balaban J connectivity index is 1.63. The van der Waals surface area contributed by atoms with Crippen LogP contribution in [0.3, 0.4) is 0 Å². The molecule has 0 saturated heterocycles. The van der Waals surface area contributed by atoms with Crippen LogP contribution in [0.2, 0.25) is 5.02 Å². The Morgan fingerprint density at radius 3 is 2.58 bits per heavy atom. The summed E-state index contributed by atoms with van der Waals surface area (Å²) in [7, 11) is 0. The molecule has 1 atom stereocenters. The molecule has 0 bridgehead atoms. The van der Waals surface area contributed by atoms with Crippen LogP contribution in [0.1, 0.15) is 28.8 Å². The van der Waals surface area contributed by atoms with Gasteiger partial charge < -0.3 is 5.32 Å². The molecule has 1 amide bonds. The standard InChI is InChI=1S/C19H18ClN3O/c1-14(15-5-3-2-4-6-15)11-21-19(24)16-12-22-23(13-16)18-9-7-17(20)8-10-18/h2-10,12-14H,11H2,1H3,(H,21,24)/t14-/m0/s1. The molecule has 5 heteroatoms. The Bertz CT molecular complexity index is 812. The van der Waals surface area contributed by atoms with Crippen molar-refractivity contribution in [3.05, 3.63) is 83.1 Å².